The van der Waals surface area contributed by atoms with Crippen LogP contribution >= 0.6 is 0 Å². The number of phenols is 1. The lowest BCUT2D eigenvalue weighted by Crippen LogP contribution is -2.41. The van der Waals surface area contributed by atoms with Crippen LogP contribution < -0.4 is 5.73 Å². The molecule has 3 heteroatoms. The molecular weight excluding hydrogens is 226 g/mol. The van der Waals surface area contributed by atoms with Gasteiger partial charge in [-0.2, -0.15) is 0 Å². The Bertz CT molecular complexity index is 413. The molecule has 18 heavy (non-hydrogen) atoms. The van der Waals surface area contributed by atoms with Gasteiger partial charge in [-0.3, -0.25) is 0 Å². The largest absolute Gasteiger partial charge is 0.508 e. The molecule has 1 saturated carbocycles. The average Bonchev–Trinajstić information content (AvgIpc) is 3.14. The summed E-state index contributed by atoms with van der Waals surface area (Å²) in [7, 11) is 0. The Labute approximate surface area is 108 Å². The molecule has 98 valence electrons. The predicted octanol–water partition coefficient (Wildman–Crippen LogP) is 2.08. The number of phenolic OH excluding ortho intramolecular Hbond substituents is 1. The molecule has 2 fully saturated rings. The molecule has 3 nitrogen and oxygen atoms in total. The Hall–Kier alpha value is -1.06. The van der Waals surface area contributed by atoms with Gasteiger partial charge in [0.15, 0.2) is 0 Å². The summed E-state index contributed by atoms with van der Waals surface area (Å²) >= 11 is 0. The van der Waals surface area contributed by atoms with Crippen LogP contribution in [0, 0.1) is 11.3 Å². The van der Waals surface area contributed by atoms with E-state index in [-0.39, 0.29) is 5.41 Å². The average molecular weight is 247 g/mol. The van der Waals surface area contributed by atoms with E-state index in [0.717, 1.165) is 25.4 Å². The molecule has 0 aromatic heterocycles. The van der Waals surface area contributed by atoms with Gasteiger partial charge in [-0.1, -0.05) is 12.1 Å². The van der Waals surface area contributed by atoms with Crippen molar-refractivity contribution >= 4 is 0 Å². The molecule has 2 unspecified atom stereocenters. The van der Waals surface area contributed by atoms with Gasteiger partial charge in [0.05, 0.1) is 6.10 Å². The predicted molar refractivity (Wildman–Crippen MR) is 70.4 cm³/mol. The van der Waals surface area contributed by atoms with Gasteiger partial charge in [0.25, 0.3) is 0 Å². The van der Waals surface area contributed by atoms with Gasteiger partial charge >= 0.3 is 0 Å². The Morgan fingerprint density at radius 2 is 2.00 bits per heavy atom. The van der Waals surface area contributed by atoms with E-state index in [1.165, 1.54) is 18.4 Å². The van der Waals surface area contributed by atoms with Crippen LogP contribution in [0.1, 0.15) is 24.8 Å². The van der Waals surface area contributed by atoms with E-state index >= 15 is 0 Å². The zero-order valence-corrected chi connectivity index (χ0v) is 10.6. The van der Waals surface area contributed by atoms with Crippen molar-refractivity contribution in [3.63, 3.8) is 0 Å². The SMILES string of the molecule is NCC1(Cc2ccc(O)cc2)CCOC1C1CC1. The molecule has 0 spiro atoms. The number of hydrogen-bond acceptors (Lipinski definition) is 3. The van der Waals surface area contributed by atoms with Crippen LogP contribution in [-0.4, -0.2) is 24.4 Å². The molecule has 2 atom stereocenters. The van der Waals surface area contributed by atoms with E-state index in [1.807, 2.05) is 12.1 Å². The van der Waals surface area contributed by atoms with Crippen LogP contribution in [0.3, 0.4) is 0 Å². The van der Waals surface area contributed by atoms with Crippen LogP contribution in [-0.2, 0) is 11.2 Å². The molecule has 1 aromatic rings. The highest BCUT2D eigenvalue weighted by Gasteiger charge is 2.49. The second-order valence-electron chi connectivity index (χ2n) is 5.79. The maximum Gasteiger partial charge on any atom is 0.115 e. The molecule has 1 aromatic carbocycles. The zero-order chi connectivity index (χ0) is 12.6. The van der Waals surface area contributed by atoms with Crippen molar-refractivity contribution in [2.75, 3.05) is 13.2 Å². The van der Waals surface area contributed by atoms with Gasteiger partial charge in [0.1, 0.15) is 5.75 Å². The third kappa shape index (κ3) is 2.13. The molecule has 0 radical (unpaired) electrons. The van der Waals surface area contributed by atoms with Gasteiger partial charge < -0.3 is 15.6 Å². The van der Waals surface area contributed by atoms with Crippen molar-refractivity contribution in [1.82, 2.24) is 0 Å². The fourth-order valence-electron chi connectivity index (χ4n) is 3.24. The molecule has 1 aliphatic carbocycles. The van der Waals surface area contributed by atoms with E-state index in [1.54, 1.807) is 12.1 Å². The summed E-state index contributed by atoms with van der Waals surface area (Å²) < 4.78 is 5.95. The summed E-state index contributed by atoms with van der Waals surface area (Å²) in [4.78, 5) is 0. The molecule has 3 rings (SSSR count). The smallest absolute Gasteiger partial charge is 0.115 e. The Balaban J connectivity index is 1.80. The summed E-state index contributed by atoms with van der Waals surface area (Å²) in [5.41, 5.74) is 7.43. The van der Waals surface area contributed by atoms with Crippen molar-refractivity contribution in [2.45, 2.75) is 31.8 Å². The number of hydrogen-bond donors (Lipinski definition) is 2. The third-order valence-corrected chi connectivity index (χ3v) is 4.45. The maximum absolute atomic E-state index is 9.34. The van der Waals surface area contributed by atoms with Gasteiger partial charge in [0, 0.05) is 18.6 Å². The second kappa shape index (κ2) is 4.56. The lowest BCUT2D eigenvalue weighted by atomic mass is 9.74. The van der Waals surface area contributed by atoms with Crippen LogP contribution in [0.5, 0.6) is 5.75 Å². The number of rotatable bonds is 4. The van der Waals surface area contributed by atoms with E-state index in [0.29, 0.717) is 18.4 Å². The summed E-state index contributed by atoms with van der Waals surface area (Å²) in [5.74, 6) is 1.05. The summed E-state index contributed by atoms with van der Waals surface area (Å²) in [5, 5.41) is 9.34. The molecule has 3 N–H and O–H groups in total. The molecule has 1 aliphatic heterocycles. The number of ether oxygens (including phenoxy) is 1. The first-order chi connectivity index (χ1) is 8.73. The number of benzene rings is 1. The highest BCUT2D eigenvalue weighted by molar-refractivity contribution is 5.27. The second-order valence-corrected chi connectivity index (χ2v) is 5.79. The molecule has 0 bridgehead atoms. The number of aromatic hydroxyl groups is 1. The quantitative estimate of drug-likeness (QED) is 0.856. The highest BCUT2D eigenvalue weighted by atomic mass is 16.5. The molecule has 1 heterocycles. The van der Waals surface area contributed by atoms with Crippen LogP contribution in [0.2, 0.25) is 0 Å². The van der Waals surface area contributed by atoms with Crippen LogP contribution in [0.15, 0.2) is 24.3 Å². The highest BCUT2D eigenvalue weighted by Crippen LogP contribution is 2.48. The van der Waals surface area contributed by atoms with Crippen LogP contribution in [0.25, 0.3) is 0 Å². The minimum absolute atomic E-state index is 0.109. The van der Waals surface area contributed by atoms with Gasteiger partial charge in [0.2, 0.25) is 0 Å². The minimum atomic E-state index is 0.109. The van der Waals surface area contributed by atoms with Crippen molar-refractivity contribution in [1.29, 1.82) is 0 Å². The topological polar surface area (TPSA) is 55.5 Å². The monoisotopic (exact) mass is 247 g/mol. The summed E-state index contributed by atoms with van der Waals surface area (Å²) in [6.07, 6.45) is 4.96. The summed E-state index contributed by atoms with van der Waals surface area (Å²) in [6, 6.07) is 7.49. The van der Waals surface area contributed by atoms with Crippen molar-refractivity contribution in [3.8, 4) is 5.75 Å². The van der Waals surface area contributed by atoms with Crippen molar-refractivity contribution in [3.05, 3.63) is 29.8 Å². The van der Waals surface area contributed by atoms with Crippen molar-refractivity contribution < 1.29 is 9.84 Å². The molecular formula is C15H21NO2. The van der Waals surface area contributed by atoms with E-state index in [4.69, 9.17) is 10.5 Å². The maximum atomic E-state index is 9.34. The van der Waals surface area contributed by atoms with E-state index in [2.05, 4.69) is 0 Å². The normalized spacial score (nSPS) is 31.7. The van der Waals surface area contributed by atoms with E-state index in [9.17, 15) is 5.11 Å². The first-order valence-corrected chi connectivity index (χ1v) is 6.83. The lowest BCUT2D eigenvalue weighted by molar-refractivity contribution is 0.0345. The van der Waals surface area contributed by atoms with Gasteiger partial charge in [-0.25, -0.2) is 0 Å². The Morgan fingerprint density at radius 1 is 1.28 bits per heavy atom. The van der Waals surface area contributed by atoms with E-state index < -0.39 is 0 Å². The standard InChI is InChI=1S/C15H21NO2/c16-10-15(7-8-18-14(15)12-3-4-12)9-11-1-5-13(17)6-2-11/h1-2,5-6,12,14,17H,3-4,7-10,16H2. The van der Waals surface area contributed by atoms with Gasteiger partial charge in [-0.15, -0.1) is 0 Å². The fourth-order valence-corrected chi connectivity index (χ4v) is 3.24. The molecule has 1 saturated heterocycles. The Morgan fingerprint density at radius 3 is 2.61 bits per heavy atom. The molecule has 0 amide bonds. The van der Waals surface area contributed by atoms with Gasteiger partial charge in [-0.05, 0) is 49.3 Å². The lowest BCUT2D eigenvalue weighted by Gasteiger charge is -2.33. The summed E-state index contributed by atoms with van der Waals surface area (Å²) in [6.45, 7) is 1.53. The zero-order valence-electron chi connectivity index (χ0n) is 10.6. The fraction of sp³-hybridized carbons (Fsp3) is 0.600. The first-order valence-electron chi connectivity index (χ1n) is 6.83. The van der Waals surface area contributed by atoms with Crippen LogP contribution in [0.4, 0.5) is 0 Å². The Kier molecular flexibility index (Phi) is 3.04. The molecule has 2 aliphatic rings. The van der Waals surface area contributed by atoms with Crippen molar-refractivity contribution in [2.24, 2.45) is 17.1 Å². The third-order valence-electron chi connectivity index (χ3n) is 4.45. The first kappa shape index (κ1) is 12.0. The minimum Gasteiger partial charge on any atom is -0.508 e. The number of nitrogens with two attached hydrogens (primary N) is 1.